The van der Waals surface area contributed by atoms with Gasteiger partial charge >= 0.3 is 13.9 Å². The van der Waals surface area contributed by atoms with E-state index in [1.165, 1.54) is 16.8 Å². The first-order valence-electron chi connectivity index (χ1n) is 8.89. The summed E-state index contributed by atoms with van der Waals surface area (Å²) in [4.78, 5) is 0. The van der Waals surface area contributed by atoms with E-state index < -0.39 is 19.5 Å². The second kappa shape index (κ2) is 7.58. The summed E-state index contributed by atoms with van der Waals surface area (Å²) in [6.07, 6.45) is -4.40. The summed E-state index contributed by atoms with van der Waals surface area (Å²) in [5, 5.41) is 0. The van der Waals surface area contributed by atoms with Crippen LogP contribution in [0.5, 0.6) is 11.5 Å². The lowest BCUT2D eigenvalue weighted by Gasteiger charge is -2.21. The topological polar surface area (TPSA) is 38.5 Å². The van der Waals surface area contributed by atoms with Gasteiger partial charge in [-0.25, -0.2) is 4.57 Å². The van der Waals surface area contributed by atoms with Crippen LogP contribution >= 0.6 is 7.75 Å². The summed E-state index contributed by atoms with van der Waals surface area (Å²) in [7, 11) is -3.78. The minimum absolute atomic E-state index is 0.350. The van der Waals surface area contributed by atoms with Crippen LogP contribution in [0, 0.1) is 0 Å². The van der Waals surface area contributed by atoms with Gasteiger partial charge < -0.3 is 9.05 Å². The number of halogens is 3. The molecule has 1 fully saturated rings. The molecule has 150 valence electrons. The summed E-state index contributed by atoms with van der Waals surface area (Å²) in [5.74, 6) is 0.759. The van der Waals surface area contributed by atoms with E-state index in [-0.39, 0.29) is 6.04 Å². The predicted octanol–water partition coefficient (Wildman–Crippen LogP) is 6.33. The van der Waals surface area contributed by atoms with Crippen LogP contribution in [0.2, 0.25) is 0 Å². The minimum atomic E-state index is -4.40. The molecule has 29 heavy (non-hydrogen) atoms. The average molecular weight is 419 g/mol. The molecule has 3 aromatic carbocycles. The SMILES string of the molecule is O=P(Oc1ccccc1)(Oc1ccccc1)N1CC1c1ccc(C(F)(F)F)cc1. The van der Waals surface area contributed by atoms with Gasteiger partial charge in [-0.15, -0.1) is 0 Å². The van der Waals surface area contributed by atoms with Crippen molar-refractivity contribution in [2.45, 2.75) is 12.2 Å². The van der Waals surface area contributed by atoms with Crippen LogP contribution in [0.4, 0.5) is 13.2 Å². The summed E-state index contributed by atoms with van der Waals surface area (Å²) >= 11 is 0. The van der Waals surface area contributed by atoms with Crippen LogP contribution in [0.25, 0.3) is 0 Å². The molecule has 8 heteroatoms. The molecule has 1 aliphatic heterocycles. The Morgan fingerprint density at radius 3 is 1.72 bits per heavy atom. The minimum Gasteiger partial charge on any atom is -0.404 e. The predicted molar refractivity (Wildman–Crippen MR) is 103 cm³/mol. The van der Waals surface area contributed by atoms with Gasteiger partial charge in [-0.1, -0.05) is 48.5 Å². The number of benzene rings is 3. The lowest BCUT2D eigenvalue weighted by molar-refractivity contribution is -0.137. The molecule has 0 saturated carbocycles. The first-order chi connectivity index (χ1) is 13.9. The van der Waals surface area contributed by atoms with Crippen molar-refractivity contribution in [3.05, 3.63) is 96.1 Å². The molecule has 1 heterocycles. The largest absolute Gasteiger partial charge is 0.516 e. The molecule has 0 spiro atoms. The third-order valence-electron chi connectivity index (χ3n) is 4.45. The third-order valence-corrected chi connectivity index (χ3v) is 6.41. The van der Waals surface area contributed by atoms with E-state index in [1.54, 1.807) is 60.7 Å². The Bertz CT molecular complexity index is 965. The fourth-order valence-electron chi connectivity index (χ4n) is 2.93. The Morgan fingerprint density at radius 2 is 1.28 bits per heavy atom. The van der Waals surface area contributed by atoms with E-state index in [4.69, 9.17) is 9.05 Å². The molecule has 2 unspecified atom stereocenters. The molecule has 1 aliphatic rings. The Balaban J connectivity index is 1.58. The van der Waals surface area contributed by atoms with Crippen LogP contribution < -0.4 is 9.05 Å². The molecule has 4 nitrogen and oxygen atoms in total. The molecule has 2 atom stereocenters. The number of hydrogen-bond donors (Lipinski definition) is 0. The normalized spacial score (nSPS) is 18.9. The first kappa shape index (κ1) is 19.6. The summed E-state index contributed by atoms with van der Waals surface area (Å²) < 4.78 is 65.0. The van der Waals surface area contributed by atoms with E-state index in [1.807, 2.05) is 0 Å². The molecule has 0 bridgehead atoms. The molecule has 4 rings (SSSR count). The second-order valence-electron chi connectivity index (χ2n) is 6.53. The summed E-state index contributed by atoms with van der Waals surface area (Å²) in [6, 6.07) is 21.7. The fourth-order valence-corrected chi connectivity index (χ4v) is 4.78. The van der Waals surface area contributed by atoms with Gasteiger partial charge in [0.1, 0.15) is 11.5 Å². The van der Waals surface area contributed by atoms with Crippen LogP contribution in [-0.2, 0) is 10.7 Å². The van der Waals surface area contributed by atoms with E-state index in [0.717, 1.165) is 12.1 Å². The van der Waals surface area contributed by atoms with Crippen LogP contribution in [0.3, 0.4) is 0 Å². The number of nitrogens with zero attached hydrogens (tertiary/aromatic N) is 1. The Hall–Kier alpha value is -2.76. The van der Waals surface area contributed by atoms with Crippen molar-refractivity contribution in [3.8, 4) is 11.5 Å². The molecule has 0 aliphatic carbocycles. The molecule has 0 N–H and O–H groups in total. The zero-order valence-electron chi connectivity index (χ0n) is 15.1. The quantitative estimate of drug-likeness (QED) is 0.346. The van der Waals surface area contributed by atoms with Gasteiger partial charge in [-0.05, 0) is 42.0 Å². The van der Waals surface area contributed by atoms with Gasteiger partial charge in [0.15, 0.2) is 0 Å². The van der Waals surface area contributed by atoms with Crippen LogP contribution in [-0.4, -0.2) is 11.2 Å². The number of alkyl halides is 3. The highest BCUT2D eigenvalue weighted by molar-refractivity contribution is 7.52. The van der Waals surface area contributed by atoms with Crippen molar-refractivity contribution < 1.29 is 26.8 Å². The van der Waals surface area contributed by atoms with Gasteiger partial charge in [0.05, 0.1) is 11.6 Å². The molecular formula is C21H17F3NO3P. The highest BCUT2D eigenvalue weighted by Crippen LogP contribution is 2.62. The zero-order chi connectivity index (χ0) is 20.5. The van der Waals surface area contributed by atoms with Crippen molar-refractivity contribution in [1.29, 1.82) is 0 Å². The summed E-state index contributed by atoms with van der Waals surface area (Å²) in [6.45, 7) is 0.350. The second-order valence-corrected chi connectivity index (χ2v) is 8.35. The maximum atomic E-state index is 13.6. The molecule has 3 aromatic rings. The smallest absolute Gasteiger partial charge is 0.404 e. The fraction of sp³-hybridized carbons (Fsp3) is 0.143. The van der Waals surface area contributed by atoms with Gasteiger partial charge in [0.25, 0.3) is 0 Å². The Kier molecular flexibility index (Phi) is 5.11. The first-order valence-corrected chi connectivity index (χ1v) is 10.4. The van der Waals surface area contributed by atoms with E-state index >= 15 is 0 Å². The molecular weight excluding hydrogens is 402 g/mol. The van der Waals surface area contributed by atoms with Gasteiger partial charge in [0.2, 0.25) is 0 Å². The van der Waals surface area contributed by atoms with Crippen LogP contribution in [0.15, 0.2) is 84.9 Å². The molecule has 0 radical (unpaired) electrons. The number of rotatable bonds is 6. The van der Waals surface area contributed by atoms with Crippen molar-refractivity contribution in [3.63, 3.8) is 0 Å². The monoisotopic (exact) mass is 419 g/mol. The van der Waals surface area contributed by atoms with Crippen molar-refractivity contribution in [1.82, 2.24) is 4.67 Å². The summed E-state index contributed by atoms with van der Waals surface area (Å²) in [5.41, 5.74) is -0.107. The van der Waals surface area contributed by atoms with E-state index in [0.29, 0.717) is 23.6 Å². The van der Waals surface area contributed by atoms with Crippen molar-refractivity contribution in [2.24, 2.45) is 0 Å². The lowest BCUT2D eigenvalue weighted by Crippen LogP contribution is -2.10. The zero-order valence-corrected chi connectivity index (χ0v) is 16.0. The van der Waals surface area contributed by atoms with Crippen molar-refractivity contribution in [2.75, 3.05) is 6.54 Å². The van der Waals surface area contributed by atoms with Gasteiger partial charge in [-0.3, -0.25) is 0 Å². The molecule has 0 amide bonds. The highest BCUT2D eigenvalue weighted by Gasteiger charge is 2.53. The maximum Gasteiger partial charge on any atom is 0.516 e. The number of hydrogen-bond acceptors (Lipinski definition) is 3. The Labute approximate surface area is 166 Å². The maximum absolute atomic E-state index is 13.6. The van der Waals surface area contributed by atoms with Crippen molar-refractivity contribution >= 4 is 7.75 Å². The Morgan fingerprint density at radius 1 is 0.793 bits per heavy atom. The molecule has 1 saturated heterocycles. The van der Waals surface area contributed by atoms with Gasteiger partial charge in [-0.2, -0.15) is 17.8 Å². The van der Waals surface area contributed by atoms with E-state index in [9.17, 15) is 17.7 Å². The van der Waals surface area contributed by atoms with Crippen LogP contribution in [0.1, 0.15) is 17.2 Å². The standard InChI is InChI=1S/C21H17F3NO3P/c22-21(23,24)17-13-11-16(12-14-17)20-15-25(20)29(26,27-18-7-3-1-4-8-18)28-19-9-5-2-6-10-19/h1-14,20H,15H2. The molecule has 0 aromatic heterocycles. The number of para-hydroxylation sites is 2. The highest BCUT2D eigenvalue weighted by atomic mass is 31.2. The average Bonchev–Trinajstić information content (AvgIpc) is 3.51. The lowest BCUT2D eigenvalue weighted by atomic mass is 10.1. The third kappa shape index (κ3) is 4.47. The van der Waals surface area contributed by atoms with E-state index in [2.05, 4.69) is 0 Å². The van der Waals surface area contributed by atoms with Gasteiger partial charge in [0, 0.05) is 6.54 Å².